The zero-order valence-electron chi connectivity index (χ0n) is 13.7. The number of hydrogen-bond acceptors (Lipinski definition) is 4. The first-order valence-corrected chi connectivity index (χ1v) is 7.76. The van der Waals surface area contributed by atoms with Crippen LogP contribution >= 0.6 is 0 Å². The molecule has 0 fully saturated rings. The first-order valence-electron chi connectivity index (χ1n) is 7.76. The molecule has 0 saturated heterocycles. The summed E-state index contributed by atoms with van der Waals surface area (Å²) in [5.41, 5.74) is 8.45. The topological polar surface area (TPSA) is 47.7 Å². The molecule has 1 atom stereocenters. The van der Waals surface area contributed by atoms with Crippen LogP contribution in [0.25, 0.3) is 0 Å². The number of likely N-dealkylation sites (N-methyl/N-ethyl adjacent to an activating group) is 1. The van der Waals surface area contributed by atoms with Gasteiger partial charge in [0.15, 0.2) is 0 Å². The van der Waals surface area contributed by atoms with Gasteiger partial charge in [-0.3, -0.25) is 4.90 Å². The van der Waals surface area contributed by atoms with Gasteiger partial charge in [0.2, 0.25) is 0 Å². The van der Waals surface area contributed by atoms with Crippen molar-refractivity contribution in [2.45, 2.75) is 38.8 Å². The third-order valence-electron chi connectivity index (χ3n) is 4.13. The van der Waals surface area contributed by atoms with E-state index in [9.17, 15) is 0 Å². The molecule has 21 heavy (non-hydrogen) atoms. The largest absolute Gasteiger partial charge is 0.487 e. The van der Waals surface area contributed by atoms with Gasteiger partial charge >= 0.3 is 0 Å². The van der Waals surface area contributed by atoms with Crippen molar-refractivity contribution in [3.8, 4) is 5.75 Å². The van der Waals surface area contributed by atoms with E-state index >= 15 is 0 Å². The Kier molecular flexibility index (Phi) is 5.25. The molecule has 0 radical (unpaired) electrons. The maximum Gasteiger partial charge on any atom is 0.128 e. The first-order chi connectivity index (χ1) is 10.0. The molecule has 2 N–H and O–H groups in total. The number of nitrogens with zero attached hydrogens (tertiary/aromatic N) is 1. The van der Waals surface area contributed by atoms with Crippen LogP contribution in [-0.4, -0.2) is 43.9 Å². The molecule has 1 unspecified atom stereocenters. The number of para-hydroxylation sites is 1. The van der Waals surface area contributed by atoms with Crippen LogP contribution in [0.15, 0.2) is 18.2 Å². The summed E-state index contributed by atoms with van der Waals surface area (Å²) in [6.07, 6.45) is 0.956. The fourth-order valence-corrected chi connectivity index (χ4v) is 3.12. The highest BCUT2D eigenvalue weighted by atomic mass is 16.5. The third kappa shape index (κ3) is 3.57. The van der Waals surface area contributed by atoms with Gasteiger partial charge in [0.05, 0.1) is 12.6 Å². The number of methoxy groups -OCH3 is 1. The third-order valence-corrected chi connectivity index (χ3v) is 4.13. The molecule has 4 heteroatoms. The van der Waals surface area contributed by atoms with Crippen molar-refractivity contribution in [1.29, 1.82) is 0 Å². The van der Waals surface area contributed by atoms with Crippen molar-refractivity contribution in [2.75, 3.05) is 33.4 Å². The summed E-state index contributed by atoms with van der Waals surface area (Å²) in [5, 5.41) is 0. The maximum atomic E-state index is 6.19. The zero-order valence-corrected chi connectivity index (χ0v) is 13.7. The van der Waals surface area contributed by atoms with Crippen LogP contribution in [0.1, 0.15) is 37.9 Å². The van der Waals surface area contributed by atoms with Gasteiger partial charge in [0, 0.05) is 32.2 Å². The van der Waals surface area contributed by atoms with Gasteiger partial charge in [0.25, 0.3) is 0 Å². The van der Waals surface area contributed by atoms with Crippen LogP contribution in [0.4, 0.5) is 0 Å². The van der Waals surface area contributed by atoms with Crippen LogP contribution < -0.4 is 10.5 Å². The summed E-state index contributed by atoms with van der Waals surface area (Å²) < 4.78 is 11.4. The predicted molar refractivity (Wildman–Crippen MR) is 85.8 cm³/mol. The molecule has 1 aliphatic rings. The fraction of sp³-hybridized carbons (Fsp3) is 0.647. The van der Waals surface area contributed by atoms with Crippen molar-refractivity contribution >= 4 is 0 Å². The van der Waals surface area contributed by atoms with E-state index in [4.69, 9.17) is 15.2 Å². The number of ether oxygens (including phenoxy) is 2. The number of rotatable bonds is 7. The molecule has 1 aliphatic heterocycles. The van der Waals surface area contributed by atoms with Gasteiger partial charge in [0.1, 0.15) is 11.4 Å². The van der Waals surface area contributed by atoms with Gasteiger partial charge < -0.3 is 15.2 Å². The van der Waals surface area contributed by atoms with E-state index < -0.39 is 0 Å². The molecule has 4 nitrogen and oxygen atoms in total. The second kappa shape index (κ2) is 6.77. The Balaban J connectivity index is 2.29. The lowest BCUT2D eigenvalue weighted by molar-refractivity contribution is 0.116. The molecule has 118 valence electrons. The van der Waals surface area contributed by atoms with E-state index in [-0.39, 0.29) is 11.6 Å². The molecule has 0 amide bonds. The molecule has 0 aromatic heterocycles. The SMILES string of the molecule is CCN(CCOC)C(CN)c1cccc2c1OC(C)(C)C2. The van der Waals surface area contributed by atoms with Crippen LogP contribution in [0.2, 0.25) is 0 Å². The van der Waals surface area contributed by atoms with E-state index in [0.717, 1.165) is 25.3 Å². The van der Waals surface area contributed by atoms with E-state index in [1.54, 1.807) is 7.11 Å². The normalized spacial score (nSPS) is 17.6. The molecule has 0 saturated carbocycles. The van der Waals surface area contributed by atoms with Crippen molar-refractivity contribution in [1.82, 2.24) is 4.90 Å². The smallest absolute Gasteiger partial charge is 0.128 e. The lowest BCUT2D eigenvalue weighted by Gasteiger charge is -2.31. The zero-order chi connectivity index (χ0) is 15.5. The molecular weight excluding hydrogens is 264 g/mol. The Bertz CT molecular complexity index is 474. The quantitative estimate of drug-likeness (QED) is 0.838. The van der Waals surface area contributed by atoms with Crippen molar-refractivity contribution in [3.05, 3.63) is 29.3 Å². The molecule has 0 aliphatic carbocycles. The van der Waals surface area contributed by atoms with Crippen molar-refractivity contribution in [2.24, 2.45) is 5.73 Å². The number of fused-ring (bicyclic) bond motifs is 1. The van der Waals surface area contributed by atoms with Gasteiger partial charge in [-0.2, -0.15) is 0 Å². The van der Waals surface area contributed by atoms with Crippen LogP contribution in [0.5, 0.6) is 5.75 Å². The average molecular weight is 292 g/mol. The van der Waals surface area contributed by atoms with Crippen molar-refractivity contribution in [3.63, 3.8) is 0 Å². The highest BCUT2D eigenvalue weighted by Crippen LogP contribution is 2.41. The number of nitrogens with two attached hydrogens (primary N) is 1. The molecule has 0 spiro atoms. The standard InChI is InChI=1S/C17H28N2O2/c1-5-19(9-10-20-4)15(12-18)14-8-6-7-13-11-17(2,3)21-16(13)14/h6-8,15H,5,9-12,18H2,1-4H3. The van der Waals surface area contributed by atoms with E-state index in [2.05, 4.69) is 43.9 Å². The lowest BCUT2D eigenvalue weighted by Crippen LogP contribution is -2.36. The molecule has 1 aromatic rings. The minimum atomic E-state index is -0.124. The van der Waals surface area contributed by atoms with Crippen LogP contribution in [0.3, 0.4) is 0 Å². The van der Waals surface area contributed by atoms with Gasteiger partial charge in [-0.25, -0.2) is 0 Å². The monoisotopic (exact) mass is 292 g/mol. The Labute approximate surface area is 128 Å². The summed E-state index contributed by atoms with van der Waals surface area (Å²) in [6, 6.07) is 6.60. The van der Waals surface area contributed by atoms with Gasteiger partial charge in [-0.15, -0.1) is 0 Å². The fourth-order valence-electron chi connectivity index (χ4n) is 3.12. The first kappa shape index (κ1) is 16.3. The summed E-state index contributed by atoms with van der Waals surface area (Å²) in [7, 11) is 1.73. The number of benzene rings is 1. The Hall–Kier alpha value is -1.10. The Morgan fingerprint density at radius 1 is 1.43 bits per heavy atom. The minimum absolute atomic E-state index is 0.124. The summed E-state index contributed by atoms with van der Waals surface area (Å²) in [5.74, 6) is 1.04. The second-order valence-electron chi connectivity index (χ2n) is 6.25. The second-order valence-corrected chi connectivity index (χ2v) is 6.25. The molecular formula is C17H28N2O2. The summed E-state index contributed by atoms with van der Waals surface area (Å²) >= 11 is 0. The molecule has 2 rings (SSSR count). The van der Waals surface area contributed by atoms with Crippen LogP contribution in [0, 0.1) is 0 Å². The lowest BCUT2D eigenvalue weighted by atomic mass is 9.97. The Morgan fingerprint density at radius 3 is 2.81 bits per heavy atom. The highest BCUT2D eigenvalue weighted by Gasteiger charge is 2.34. The molecule has 0 bridgehead atoms. The van der Waals surface area contributed by atoms with E-state index in [0.29, 0.717) is 13.2 Å². The minimum Gasteiger partial charge on any atom is -0.487 e. The summed E-state index contributed by atoms with van der Waals surface area (Å²) in [4.78, 5) is 2.35. The predicted octanol–water partition coefficient (Wildman–Crippen LogP) is 2.37. The summed E-state index contributed by atoms with van der Waals surface area (Å²) in [6.45, 7) is 9.55. The average Bonchev–Trinajstić information content (AvgIpc) is 2.77. The maximum absolute atomic E-state index is 6.19. The van der Waals surface area contributed by atoms with Crippen molar-refractivity contribution < 1.29 is 9.47 Å². The highest BCUT2D eigenvalue weighted by molar-refractivity contribution is 5.47. The van der Waals surface area contributed by atoms with E-state index in [1.807, 2.05) is 0 Å². The van der Waals surface area contributed by atoms with Gasteiger partial charge in [-0.05, 0) is 26.0 Å². The Morgan fingerprint density at radius 2 is 2.19 bits per heavy atom. The molecule has 1 heterocycles. The van der Waals surface area contributed by atoms with Crippen LogP contribution in [-0.2, 0) is 11.2 Å². The molecule has 1 aromatic carbocycles. The number of hydrogen-bond donors (Lipinski definition) is 1. The van der Waals surface area contributed by atoms with Gasteiger partial charge in [-0.1, -0.05) is 25.1 Å². The van der Waals surface area contributed by atoms with E-state index in [1.165, 1.54) is 11.1 Å².